The Labute approximate surface area is 378 Å². The maximum absolute atomic E-state index is 6.96. The van der Waals surface area contributed by atoms with Crippen LogP contribution in [0.5, 0.6) is 0 Å². The van der Waals surface area contributed by atoms with E-state index in [1.165, 1.54) is 126 Å². The predicted molar refractivity (Wildman–Crippen MR) is 275 cm³/mol. The molecule has 0 N–H and O–H groups in total. The van der Waals surface area contributed by atoms with Gasteiger partial charge in [0.1, 0.15) is 11.2 Å². The van der Waals surface area contributed by atoms with E-state index in [0.29, 0.717) is 0 Å². The van der Waals surface area contributed by atoms with Gasteiger partial charge in [-0.3, -0.25) is 0 Å². The quantitative estimate of drug-likeness (QED) is 0.162. The maximum atomic E-state index is 6.96. The molecule has 0 atom stereocenters. The average molecular weight is 829 g/mol. The van der Waals surface area contributed by atoms with Crippen molar-refractivity contribution in [2.75, 3.05) is 0 Å². The summed E-state index contributed by atoms with van der Waals surface area (Å²) in [5.41, 5.74) is 19.8. The topological polar surface area (TPSA) is 13.1 Å². The normalized spacial score (nSPS) is 14.4. The van der Waals surface area contributed by atoms with Crippen LogP contribution in [0.25, 0.3) is 121 Å². The second kappa shape index (κ2) is 12.9. The zero-order chi connectivity index (χ0) is 43.3. The first-order valence-corrected chi connectivity index (χ1v) is 23.0. The first-order chi connectivity index (χ1) is 31.8. The fourth-order valence-corrected chi connectivity index (χ4v) is 12.4. The van der Waals surface area contributed by atoms with Gasteiger partial charge < -0.3 is 4.42 Å². The summed E-state index contributed by atoms with van der Waals surface area (Å²) < 4.78 is 6.96. The Hall–Kier alpha value is -7.74. The molecule has 0 unspecified atom stereocenters. The van der Waals surface area contributed by atoms with E-state index in [9.17, 15) is 0 Å². The number of hydrogen-bond donors (Lipinski definition) is 0. The molecule has 0 radical (unpaired) electrons. The molecular formula is C64H44O. The Morgan fingerprint density at radius 1 is 0.292 bits per heavy atom. The highest BCUT2D eigenvalue weighted by Crippen LogP contribution is 2.57. The molecule has 306 valence electrons. The molecule has 0 saturated heterocycles. The number of hydrogen-bond acceptors (Lipinski definition) is 1. The van der Waals surface area contributed by atoms with Crippen LogP contribution in [0.3, 0.4) is 0 Å². The number of benzene rings is 11. The van der Waals surface area contributed by atoms with Crippen LogP contribution in [0.1, 0.15) is 49.9 Å². The molecule has 1 heteroatoms. The van der Waals surface area contributed by atoms with Crippen molar-refractivity contribution < 1.29 is 4.42 Å². The van der Waals surface area contributed by atoms with Crippen molar-refractivity contribution >= 4 is 65.0 Å². The van der Waals surface area contributed by atoms with Gasteiger partial charge in [-0.15, -0.1) is 0 Å². The van der Waals surface area contributed by atoms with E-state index < -0.39 is 0 Å². The molecule has 0 aliphatic heterocycles. The van der Waals surface area contributed by atoms with Gasteiger partial charge >= 0.3 is 0 Å². The lowest BCUT2D eigenvalue weighted by molar-refractivity contribution is 0.655. The van der Waals surface area contributed by atoms with Gasteiger partial charge in [0.05, 0.1) is 0 Å². The summed E-state index contributed by atoms with van der Waals surface area (Å²) in [6, 6.07) is 72.6. The second-order valence-electron chi connectivity index (χ2n) is 19.5. The van der Waals surface area contributed by atoms with Crippen LogP contribution in [-0.2, 0) is 10.8 Å². The van der Waals surface area contributed by atoms with Crippen LogP contribution in [0.2, 0.25) is 0 Å². The van der Waals surface area contributed by atoms with Crippen LogP contribution in [0, 0.1) is 0 Å². The summed E-state index contributed by atoms with van der Waals surface area (Å²) in [4.78, 5) is 0. The van der Waals surface area contributed by atoms with Gasteiger partial charge in [-0.25, -0.2) is 0 Å². The molecule has 65 heavy (non-hydrogen) atoms. The van der Waals surface area contributed by atoms with E-state index in [0.717, 1.165) is 16.6 Å². The van der Waals surface area contributed by atoms with Crippen molar-refractivity contribution in [2.24, 2.45) is 0 Å². The standard InChI is InChI=1S/C64H44O/c1-63(2)54-33-29-39(42-24-14-26-52-59-55(64(3,4)60(42)52)34-32-51-50-31-27-38-16-6-8-19-43(38)61(50)65-62(51)59)35-53(54)44-30-28-40(36-56(44)63)57-46-20-9-11-22-48(46)58(49-23-12-10-21-47(49)57)45-25-13-17-37-15-5-7-18-41(37)45/h5-36H,1-4H3. The Morgan fingerprint density at radius 3 is 1.60 bits per heavy atom. The van der Waals surface area contributed by atoms with Gasteiger partial charge in [0, 0.05) is 32.6 Å². The molecule has 14 rings (SSSR count). The van der Waals surface area contributed by atoms with Crippen molar-refractivity contribution in [3.8, 4) is 55.6 Å². The molecule has 0 amide bonds. The molecule has 0 bridgehead atoms. The minimum Gasteiger partial charge on any atom is -0.455 e. The van der Waals surface area contributed by atoms with Crippen LogP contribution >= 0.6 is 0 Å². The third kappa shape index (κ3) is 4.88. The molecule has 2 aliphatic carbocycles. The summed E-state index contributed by atoms with van der Waals surface area (Å²) in [5, 5.41) is 12.4. The fraction of sp³-hybridized carbons (Fsp3) is 0.0938. The summed E-state index contributed by atoms with van der Waals surface area (Å²) in [5.74, 6) is 0. The second-order valence-corrected chi connectivity index (χ2v) is 19.5. The fourth-order valence-electron chi connectivity index (χ4n) is 12.4. The molecule has 11 aromatic carbocycles. The lowest BCUT2D eigenvalue weighted by atomic mass is 9.78. The van der Waals surface area contributed by atoms with Crippen LogP contribution in [0.15, 0.2) is 199 Å². The van der Waals surface area contributed by atoms with Crippen LogP contribution in [-0.4, -0.2) is 0 Å². The Balaban J connectivity index is 0.926. The summed E-state index contributed by atoms with van der Waals surface area (Å²) in [6.07, 6.45) is 0. The average Bonchev–Trinajstić information content (AvgIpc) is 3.92. The molecule has 0 saturated carbocycles. The summed E-state index contributed by atoms with van der Waals surface area (Å²) >= 11 is 0. The lowest BCUT2D eigenvalue weighted by Crippen LogP contribution is -2.16. The van der Waals surface area contributed by atoms with Gasteiger partial charge in [-0.2, -0.15) is 0 Å². The molecule has 2 aliphatic rings. The van der Waals surface area contributed by atoms with E-state index in [1.807, 2.05) is 0 Å². The molecule has 1 aromatic heterocycles. The first kappa shape index (κ1) is 36.7. The largest absolute Gasteiger partial charge is 0.455 e. The van der Waals surface area contributed by atoms with E-state index in [-0.39, 0.29) is 10.8 Å². The molecule has 1 heterocycles. The minimum atomic E-state index is -0.226. The predicted octanol–water partition coefficient (Wildman–Crippen LogP) is 17.8. The smallest absolute Gasteiger partial charge is 0.143 e. The van der Waals surface area contributed by atoms with Gasteiger partial charge in [0.25, 0.3) is 0 Å². The number of fused-ring (bicyclic) bond motifs is 15. The molecule has 12 aromatic rings. The summed E-state index contributed by atoms with van der Waals surface area (Å²) in [7, 11) is 0. The zero-order valence-electron chi connectivity index (χ0n) is 36.9. The van der Waals surface area contributed by atoms with E-state index in [2.05, 4.69) is 222 Å². The van der Waals surface area contributed by atoms with Crippen molar-refractivity contribution in [1.29, 1.82) is 0 Å². The highest BCUT2D eigenvalue weighted by molar-refractivity contribution is 6.24. The van der Waals surface area contributed by atoms with Crippen LogP contribution < -0.4 is 0 Å². The van der Waals surface area contributed by atoms with Crippen molar-refractivity contribution in [3.63, 3.8) is 0 Å². The molecule has 1 nitrogen and oxygen atoms in total. The van der Waals surface area contributed by atoms with Crippen molar-refractivity contribution in [3.05, 3.63) is 216 Å². The highest BCUT2D eigenvalue weighted by atomic mass is 16.3. The first-order valence-electron chi connectivity index (χ1n) is 23.0. The Bertz CT molecular complexity index is 4000. The monoisotopic (exact) mass is 828 g/mol. The summed E-state index contributed by atoms with van der Waals surface area (Å²) in [6.45, 7) is 9.59. The van der Waals surface area contributed by atoms with E-state index in [1.54, 1.807) is 0 Å². The Morgan fingerprint density at radius 2 is 0.846 bits per heavy atom. The van der Waals surface area contributed by atoms with Crippen molar-refractivity contribution in [2.45, 2.75) is 38.5 Å². The van der Waals surface area contributed by atoms with Crippen LogP contribution in [0.4, 0.5) is 0 Å². The molecular weight excluding hydrogens is 785 g/mol. The van der Waals surface area contributed by atoms with Crippen molar-refractivity contribution in [1.82, 2.24) is 0 Å². The SMILES string of the molecule is CC1(C)c2ccc(-c3cccc4c3C(C)(C)c3ccc5c(oc6c7ccccc7ccc56)c3-4)cc2-c2ccc(-c3c4ccccc4c(-c4cccc5ccccc45)c4ccccc34)cc21. The molecule has 0 fully saturated rings. The minimum absolute atomic E-state index is 0.182. The lowest BCUT2D eigenvalue weighted by Gasteiger charge is -2.25. The third-order valence-electron chi connectivity index (χ3n) is 15.4. The maximum Gasteiger partial charge on any atom is 0.143 e. The highest BCUT2D eigenvalue weighted by Gasteiger charge is 2.41. The number of furan rings is 1. The molecule has 0 spiro atoms. The van der Waals surface area contributed by atoms with Gasteiger partial charge in [-0.1, -0.05) is 204 Å². The van der Waals surface area contributed by atoms with Gasteiger partial charge in [0.2, 0.25) is 0 Å². The number of rotatable bonds is 3. The van der Waals surface area contributed by atoms with Gasteiger partial charge in [0.15, 0.2) is 0 Å². The zero-order valence-corrected chi connectivity index (χ0v) is 36.9. The van der Waals surface area contributed by atoms with Gasteiger partial charge in [-0.05, 0) is 128 Å². The Kier molecular flexibility index (Phi) is 7.30. The van der Waals surface area contributed by atoms with E-state index >= 15 is 0 Å². The van der Waals surface area contributed by atoms with E-state index in [4.69, 9.17) is 4.42 Å². The third-order valence-corrected chi connectivity index (χ3v) is 15.4.